The smallest absolute Gasteiger partial charge is 0.229 e. The normalized spacial score (nSPS) is 15.1. The standard InChI is InChI=1S/C13H16FNO/c1-9(2)13(16)15-7-3-4-10-5-6-11(14)8-12(10)15/h5-6,8-9H,3-4,7H2,1-2H3. The number of halogens is 1. The Kier molecular flexibility index (Phi) is 2.95. The van der Waals surface area contributed by atoms with Crippen molar-refractivity contribution in [2.75, 3.05) is 11.4 Å². The molecule has 1 heterocycles. The molecule has 0 bridgehead atoms. The first-order valence-corrected chi connectivity index (χ1v) is 5.69. The maximum atomic E-state index is 13.2. The second-order valence-electron chi connectivity index (χ2n) is 4.52. The van der Waals surface area contributed by atoms with E-state index in [-0.39, 0.29) is 17.6 Å². The molecule has 0 saturated heterocycles. The fourth-order valence-electron chi connectivity index (χ4n) is 2.09. The summed E-state index contributed by atoms with van der Waals surface area (Å²) in [5.41, 5.74) is 1.83. The largest absolute Gasteiger partial charge is 0.312 e. The van der Waals surface area contributed by atoms with Crippen molar-refractivity contribution in [1.82, 2.24) is 0 Å². The Morgan fingerprint density at radius 2 is 2.19 bits per heavy atom. The first-order chi connectivity index (χ1) is 7.59. The average Bonchev–Trinajstić information content (AvgIpc) is 2.27. The summed E-state index contributed by atoms with van der Waals surface area (Å²) in [5, 5.41) is 0. The van der Waals surface area contributed by atoms with E-state index >= 15 is 0 Å². The van der Waals surface area contributed by atoms with E-state index in [1.807, 2.05) is 13.8 Å². The first kappa shape index (κ1) is 11.1. The van der Waals surface area contributed by atoms with Gasteiger partial charge in [0.1, 0.15) is 5.82 Å². The lowest BCUT2D eigenvalue weighted by Gasteiger charge is -2.30. The van der Waals surface area contributed by atoms with E-state index in [0.717, 1.165) is 24.1 Å². The summed E-state index contributed by atoms with van der Waals surface area (Å²) < 4.78 is 13.2. The molecule has 1 amide bonds. The fraction of sp³-hybridized carbons (Fsp3) is 0.462. The van der Waals surface area contributed by atoms with Crippen molar-refractivity contribution in [3.63, 3.8) is 0 Å². The zero-order valence-corrected chi connectivity index (χ0v) is 9.66. The number of rotatable bonds is 1. The minimum Gasteiger partial charge on any atom is -0.312 e. The Balaban J connectivity index is 2.39. The third kappa shape index (κ3) is 1.94. The number of amides is 1. The van der Waals surface area contributed by atoms with Gasteiger partial charge in [0, 0.05) is 18.2 Å². The molecule has 3 heteroatoms. The second-order valence-corrected chi connectivity index (χ2v) is 4.52. The molecular formula is C13H16FNO. The van der Waals surface area contributed by atoms with Gasteiger partial charge >= 0.3 is 0 Å². The molecule has 0 fully saturated rings. The number of carbonyl (C=O) groups excluding carboxylic acids is 1. The molecule has 0 unspecified atom stereocenters. The van der Waals surface area contributed by atoms with Crippen LogP contribution in [0.3, 0.4) is 0 Å². The Morgan fingerprint density at radius 1 is 1.44 bits per heavy atom. The first-order valence-electron chi connectivity index (χ1n) is 5.69. The maximum Gasteiger partial charge on any atom is 0.229 e. The zero-order chi connectivity index (χ0) is 11.7. The predicted octanol–water partition coefficient (Wildman–Crippen LogP) is 2.76. The second kappa shape index (κ2) is 4.24. The van der Waals surface area contributed by atoms with Gasteiger partial charge < -0.3 is 4.90 Å². The molecular weight excluding hydrogens is 205 g/mol. The van der Waals surface area contributed by atoms with Crippen LogP contribution >= 0.6 is 0 Å². The number of anilines is 1. The van der Waals surface area contributed by atoms with Gasteiger partial charge in [-0.2, -0.15) is 0 Å². The third-order valence-electron chi connectivity index (χ3n) is 2.93. The highest BCUT2D eigenvalue weighted by Crippen LogP contribution is 2.28. The van der Waals surface area contributed by atoms with Crippen LogP contribution in [0, 0.1) is 11.7 Å². The fourth-order valence-corrected chi connectivity index (χ4v) is 2.09. The van der Waals surface area contributed by atoms with Gasteiger partial charge in [-0.1, -0.05) is 19.9 Å². The third-order valence-corrected chi connectivity index (χ3v) is 2.93. The number of fused-ring (bicyclic) bond motifs is 1. The highest BCUT2D eigenvalue weighted by molar-refractivity contribution is 5.95. The lowest BCUT2D eigenvalue weighted by atomic mass is 10.00. The van der Waals surface area contributed by atoms with Crippen molar-refractivity contribution in [2.45, 2.75) is 26.7 Å². The van der Waals surface area contributed by atoms with E-state index in [0.29, 0.717) is 6.54 Å². The highest BCUT2D eigenvalue weighted by Gasteiger charge is 2.24. The quantitative estimate of drug-likeness (QED) is 0.714. The van der Waals surface area contributed by atoms with Crippen molar-refractivity contribution in [1.29, 1.82) is 0 Å². The summed E-state index contributed by atoms with van der Waals surface area (Å²) in [7, 11) is 0. The van der Waals surface area contributed by atoms with Crippen LogP contribution in [0.1, 0.15) is 25.8 Å². The Hall–Kier alpha value is -1.38. The molecule has 0 aliphatic carbocycles. The summed E-state index contributed by atoms with van der Waals surface area (Å²) in [6.07, 6.45) is 1.88. The number of nitrogens with zero attached hydrogens (tertiary/aromatic N) is 1. The minimum absolute atomic E-state index is 0.0470. The summed E-state index contributed by atoms with van der Waals surface area (Å²) in [6.45, 7) is 4.44. The van der Waals surface area contributed by atoms with Gasteiger partial charge in [0.25, 0.3) is 0 Å². The average molecular weight is 221 g/mol. The number of hydrogen-bond donors (Lipinski definition) is 0. The van der Waals surface area contributed by atoms with Gasteiger partial charge in [-0.15, -0.1) is 0 Å². The topological polar surface area (TPSA) is 20.3 Å². The van der Waals surface area contributed by atoms with Gasteiger partial charge in [0.15, 0.2) is 0 Å². The van der Waals surface area contributed by atoms with Gasteiger partial charge in [-0.25, -0.2) is 4.39 Å². The van der Waals surface area contributed by atoms with E-state index in [9.17, 15) is 9.18 Å². The summed E-state index contributed by atoms with van der Waals surface area (Å²) in [6, 6.07) is 4.71. The van der Waals surface area contributed by atoms with E-state index in [1.165, 1.54) is 12.1 Å². The minimum atomic E-state index is -0.276. The molecule has 16 heavy (non-hydrogen) atoms. The summed E-state index contributed by atoms with van der Waals surface area (Å²) in [4.78, 5) is 13.7. The summed E-state index contributed by atoms with van der Waals surface area (Å²) >= 11 is 0. The molecule has 2 rings (SSSR count). The van der Waals surface area contributed by atoms with Crippen LogP contribution in [0.4, 0.5) is 10.1 Å². The number of hydrogen-bond acceptors (Lipinski definition) is 1. The van der Waals surface area contributed by atoms with Crippen molar-refractivity contribution < 1.29 is 9.18 Å². The SMILES string of the molecule is CC(C)C(=O)N1CCCc2ccc(F)cc21. The van der Waals surface area contributed by atoms with Crippen LogP contribution in [-0.4, -0.2) is 12.5 Å². The van der Waals surface area contributed by atoms with E-state index in [4.69, 9.17) is 0 Å². The van der Waals surface area contributed by atoms with E-state index < -0.39 is 0 Å². The molecule has 1 aliphatic rings. The monoisotopic (exact) mass is 221 g/mol. The maximum absolute atomic E-state index is 13.2. The van der Waals surface area contributed by atoms with Crippen molar-refractivity contribution in [3.8, 4) is 0 Å². The van der Waals surface area contributed by atoms with Crippen molar-refractivity contribution >= 4 is 11.6 Å². The molecule has 86 valence electrons. The van der Waals surface area contributed by atoms with Crippen LogP contribution < -0.4 is 4.90 Å². The highest BCUT2D eigenvalue weighted by atomic mass is 19.1. The van der Waals surface area contributed by atoms with Gasteiger partial charge in [0.2, 0.25) is 5.91 Å². The van der Waals surface area contributed by atoms with E-state index in [1.54, 1.807) is 11.0 Å². The van der Waals surface area contributed by atoms with Crippen LogP contribution in [-0.2, 0) is 11.2 Å². The molecule has 1 aromatic carbocycles. The van der Waals surface area contributed by atoms with Gasteiger partial charge in [-0.05, 0) is 30.5 Å². The van der Waals surface area contributed by atoms with Gasteiger partial charge in [-0.3, -0.25) is 4.79 Å². The molecule has 0 radical (unpaired) electrons. The lowest BCUT2D eigenvalue weighted by Crippen LogP contribution is -2.38. The molecule has 0 aromatic heterocycles. The van der Waals surface area contributed by atoms with Crippen LogP contribution in [0.15, 0.2) is 18.2 Å². The molecule has 2 nitrogen and oxygen atoms in total. The summed E-state index contributed by atoms with van der Waals surface area (Å²) in [5.74, 6) is -0.247. The van der Waals surface area contributed by atoms with Crippen molar-refractivity contribution in [2.24, 2.45) is 5.92 Å². The molecule has 0 atom stereocenters. The Morgan fingerprint density at radius 3 is 2.88 bits per heavy atom. The number of carbonyl (C=O) groups is 1. The molecule has 1 aromatic rings. The van der Waals surface area contributed by atoms with Crippen molar-refractivity contribution in [3.05, 3.63) is 29.6 Å². The molecule has 0 saturated carbocycles. The van der Waals surface area contributed by atoms with E-state index in [2.05, 4.69) is 0 Å². The van der Waals surface area contributed by atoms with Crippen LogP contribution in [0.2, 0.25) is 0 Å². The Bertz CT molecular complexity index is 414. The molecule has 1 aliphatic heterocycles. The zero-order valence-electron chi connectivity index (χ0n) is 9.66. The molecule has 0 N–H and O–H groups in total. The molecule has 0 spiro atoms. The predicted molar refractivity (Wildman–Crippen MR) is 61.9 cm³/mol. The van der Waals surface area contributed by atoms with Crippen LogP contribution in [0.25, 0.3) is 0 Å². The number of benzene rings is 1. The lowest BCUT2D eigenvalue weighted by molar-refractivity contribution is -0.121. The Labute approximate surface area is 95.1 Å². The van der Waals surface area contributed by atoms with Gasteiger partial charge in [0.05, 0.1) is 0 Å². The van der Waals surface area contributed by atoms with Crippen LogP contribution in [0.5, 0.6) is 0 Å². The number of aryl methyl sites for hydroxylation is 1.